The molecule has 4 rings (SSSR count). The predicted molar refractivity (Wildman–Crippen MR) is 102 cm³/mol. The molecule has 1 saturated carbocycles. The number of hydrogen-bond donors (Lipinski definition) is 2. The van der Waals surface area contributed by atoms with Crippen LogP contribution in [0.2, 0.25) is 0 Å². The van der Waals surface area contributed by atoms with Gasteiger partial charge in [0.15, 0.2) is 0 Å². The number of aryl methyl sites for hydroxylation is 1. The van der Waals surface area contributed by atoms with E-state index in [9.17, 15) is 4.79 Å². The van der Waals surface area contributed by atoms with Gasteiger partial charge in [-0.2, -0.15) is 0 Å². The molecular weight excluding hydrogens is 326 g/mol. The Morgan fingerprint density at radius 3 is 2.65 bits per heavy atom. The number of nitrogens with one attached hydrogen (secondary N) is 2. The van der Waals surface area contributed by atoms with Crippen molar-refractivity contribution in [1.82, 2.24) is 9.97 Å². The first kappa shape index (κ1) is 16.6. The zero-order valence-corrected chi connectivity index (χ0v) is 14.7. The third-order valence-corrected chi connectivity index (χ3v) is 4.77. The van der Waals surface area contributed by atoms with Crippen LogP contribution in [0, 0.1) is 0 Å². The zero-order valence-electron chi connectivity index (χ0n) is 14.7. The van der Waals surface area contributed by atoms with Crippen molar-refractivity contribution in [2.24, 2.45) is 0 Å². The van der Waals surface area contributed by atoms with Gasteiger partial charge in [0.2, 0.25) is 5.91 Å². The van der Waals surface area contributed by atoms with E-state index < -0.39 is 0 Å². The Morgan fingerprint density at radius 2 is 1.88 bits per heavy atom. The van der Waals surface area contributed by atoms with E-state index in [0.29, 0.717) is 18.9 Å². The number of rotatable bonds is 6. The third kappa shape index (κ3) is 4.04. The molecular formula is C21H23N3O2. The molecule has 0 unspecified atom stereocenters. The molecule has 5 nitrogen and oxygen atoms in total. The number of aromatic nitrogens is 2. The minimum absolute atomic E-state index is 0.0186. The van der Waals surface area contributed by atoms with Crippen LogP contribution < -0.4 is 10.1 Å². The van der Waals surface area contributed by atoms with Crippen LogP contribution in [0.15, 0.2) is 48.5 Å². The highest BCUT2D eigenvalue weighted by Crippen LogP contribution is 2.25. The van der Waals surface area contributed by atoms with E-state index in [1.165, 1.54) is 12.8 Å². The number of carbonyl (C=O) groups is 1. The molecule has 1 aliphatic carbocycles. The third-order valence-electron chi connectivity index (χ3n) is 4.77. The Balaban J connectivity index is 1.28. The van der Waals surface area contributed by atoms with E-state index in [1.807, 2.05) is 48.5 Å². The second kappa shape index (κ2) is 7.60. The van der Waals surface area contributed by atoms with Gasteiger partial charge in [0.25, 0.3) is 0 Å². The van der Waals surface area contributed by atoms with Crippen molar-refractivity contribution in [3.8, 4) is 5.75 Å². The van der Waals surface area contributed by atoms with Gasteiger partial charge in [-0.25, -0.2) is 4.98 Å². The van der Waals surface area contributed by atoms with Gasteiger partial charge in [0.05, 0.1) is 17.1 Å². The Bertz CT molecular complexity index is 847. The van der Waals surface area contributed by atoms with Crippen LogP contribution in [-0.4, -0.2) is 22.0 Å². The summed E-state index contributed by atoms with van der Waals surface area (Å²) in [6.45, 7) is 0. The Kier molecular flexibility index (Phi) is 4.86. The normalized spacial score (nSPS) is 14.6. The molecule has 2 N–H and O–H groups in total. The second-order valence-electron chi connectivity index (χ2n) is 6.80. The largest absolute Gasteiger partial charge is 0.490 e. The fourth-order valence-electron chi connectivity index (χ4n) is 3.39. The number of H-pyrrole nitrogens is 1. The van der Waals surface area contributed by atoms with Gasteiger partial charge in [0, 0.05) is 18.5 Å². The molecule has 1 aromatic heterocycles. The zero-order chi connectivity index (χ0) is 17.8. The summed E-state index contributed by atoms with van der Waals surface area (Å²) in [6, 6.07) is 15.5. The van der Waals surface area contributed by atoms with Gasteiger partial charge < -0.3 is 15.0 Å². The molecule has 3 aromatic rings. The van der Waals surface area contributed by atoms with Crippen LogP contribution in [0.25, 0.3) is 11.0 Å². The average Bonchev–Trinajstić information content (AvgIpc) is 3.30. The van der Waals surface area contributed by atoms with Crippen molar-refractivity contribution in [3.63, 3.8) is 0 Å². The highest BCUT2D eigenvalue weighted by molar-refractivity contribution is 5.90. The van der Waals surface area contributed by atoms with E-state index in [4.69, 9.17) is 4.74 Å². The van der Waals surface area contributed by atoms with Gasteiger partial charge in [-0.05, 0) is 62.1 Å². The van der Waals surface area contributed by atoms with Crippen LogP contribution in [0.4, 0.5) is 5.69 Å². The van der Waals surface area contributed by atoms with Gasteiger partial charge in [-0.3, -0.25) is 4.79 Å². The lowest BCUT2D eigenvalue weighted by Gasteiger charge is -2.13. The number of nitrogens with zero attached hydrogens (tertiary/aromatic N) is 1. The predicted octanol–water partition coefficient (Wildman–Crippen LogP) is 4.46. The molecule has 1 aliphatic rings. The van der Waals surface area contributed by atoms with Gasteiger partial charge in [-0.15, -0.1) is 0 Å². The molecule has 134 valence electrons. The van der Waals surface area contributed by atoms with Crippen molar-refractivity contribution in [1.29, 1.82) is 0 Å². The average molecular weight is 349 g/mol. The molecule has 1 amide bonds. The van der Waals surface area contributed by atoms with E-state index in [2.05, 4.69) is 15.3 Å². The summed E-state index contributed by atoms with van der Waals surface area (Å²) >= 11 is 0. The van der Waals surface area contributed by atoms with Crippen molar-refractivity contribution >= 4 is 22.6 Å². The lowest BCUT2D eigenvalue weighted by atomic mass is 10.2. The molecule has 1 fully saturated rings. The second-order valence-corrected chi connectivity index (χ2v) is 6.80. The first-order valence-corrected chi connectivity index (χ1v) is 9.26. The number of imidazole rings is 1. The molecule has 0 spiro atoms. The Morgan fingerprint density at radius 1 is 1.12 bits per heavy atom. The highest BCUT2D eigenvalue weighted by Gasteiger charge is 2.16. The molecule has 5 heteroatoms. The molecule has 26 heavy (non-hydrogen) atoms. The molecule has 2 aromatic carbocycles. The number of para-hydroxylation sites is 2. The number of benzene rings is 2. The lowest BCUT2D eigenvalue weighted by molar-refractivity contribution is -0.116. The van der Waals surface area contributed by atoms with Crippen molar-refractivity contribution < 1.29 is 9.53 Å². The summed E-state index contributed by atoms with van der Waals surface area (Å²) in [6.07, 6.45) is 6.11. The minimum atomic E-state index is -0.0186. The number of ether oxygens (including phenoxy) is 1. The van der Waals surface area contributed by atoms with Crippen LogP contribution in [0.5, 0.6) is 5.75 Å². The van der Waals surface area contributed by atoms with E-state index in [-0.39, 0.29) is 5.91 Å². The van der Waals surface area contributed by atoms with Gasteiger partial charge >= 0.3 is 0 Å². The van der Waals surface area contributed by atoms with Gasteiger partial charge in [-0.1, -0.05) is 12.1 Å². The fourth-order valence-corrected chi connectivity index (χ4v) is 3.39. The summed E-state index contributed by atoms with van der Waals surface area (Å²) < 4.78 is 5.94. The first-order chi connectivity index (χ1) is 12.8. The monoisotopic (exact) mass is 349 g/mol. The number of fused-ring (bicyclic) bond motifs is 1. The number of hydrogen-bond acceptors (Lipinski definition) is 3. The van der Waals surface area contributed by atoms with Gasteiger partial charge in [0.1, 0.15) is 11.6 Å². The first-order valence-electron chi connectivity index (χ1n) is 9.26. The molecule has 0 aliphatic heterocycles. The molecule has 0 bridgehead atoms. The number of anilines is 1. The quantitative estimate of drug-likeness (QED) is 0.690. The topological polar surface area (TPSA) is 67.0 Å². The maximum Gasteiger partial charge on any atom is 0.224 e. The fraction of sp³-hybridized carbons (Fsp3) is 0.333. The molecule has 0 atom stereocenters. The Labute approximate surface area is 152 Å². The van der Waals surface area contributed by atoms with Crippen LogP contribution >= 0.6 is 0 Å². The summed E-state index contributed by atoms with van der Waals surface area (Å²) in [5.74, 6) is 1.69. The van der Waals surface area contributed by atoms with E-state index in [1.54, 1.807) is 0 Å². The lowest BCUT2D eigenvalue weighted by Crippen LogP contribution is -2.13. The van der Waals surface area contributed by atoms with Crippen LogP contribution in [0.3, 0.4) is 0 Å². The smallest absolute Gasteiger partial charge is 0.224 e. The highest BCUT2D eigenvalue weighted by atomic mass is 16.5. The van der Waals surface area contributed by atoms with Crippen LogP contribution in [0.1, 0.15) is 37.9 Å². The van der Waals surface area contributed by atoms with Crippen molar-refractivity contribution in [2.75, 3.05) is 5.32 Å². The Hall–Kier alpha value is -2.82. The summed E-state index contributed by atoms with van der Waals surface area (Å²) in [7, 11) is 0. The van der Waals surface area contributed by atoms with Crippen molar-refractivity contribution in [3.05, 3.63) is 54.4 Å². The molecule has 0 radical (unpaired) electrons. The van der Waals surface area contributed by atoms with E-state index >= 15 is 0 Å². The van der Waals surface area contributed by atoms with Crippen molar-refractivity contribution in [2.45, 2.75) is 44.6 Å². The van der Waals surface area contributed by atoms with Crippen LogP contribution in [-0.2, 0) is 11.2 Å². The summed E-state index contributed by atoms with van der Waals surface area (Å²) in [5, 5.41) is 2.93. The number of carbonyl (C=O) groups excluding carboxylic acids is 1. The maximum atomic E-state index is 12.2. The van der Waals surface area contributed by atoms with E-state index in [0.717, 1.165) is 41.1 Å². The number of aromatic amines is 1. The maximum absolute atomic E-state index is 12.2. The summed E-state index contributed by atoms with van der Waals surface area (Å²) in [4.78, 5) is 19.9. The SMILES string of the molecule is O=C(CCc1nc2ccccc2[nH]1)Nc1ccc(OC2CCCC2)cc1. The molecule has 0 saturated heterocycles. The molecule has 1 heterocycles. The number of amides is 1. The summed E-state index contributed by atoms with van der Waals surface area (Å²) in [5.41, 5.74) is 2.72. The standard InChI is InChI=1S/C21H23N3O2/c25-21(14-13-20-23-18-7-3-4-8-19(18)24-20)22-15-9-11-17(12-10-15)26-16-5-1-2-6-16/h3-4,7-12,16H,1-2,5-6,13-14H2,(H,22,25)(H,23,24). The minimum Gasteiger partial charge on any atom is -0.490 e.